The van der Waals surface area contributed by atoms with Crippen LogP contribution in [0.25, 0.3) is 11.0 Å². The highest BCUT2D eigenvalue weighted by Gasteiger charge is 2.31. The molecule has 0 radical (unpaired) electrons. The molecule has 0 unspecified atom stereocenters. The number of aryl methyl sites for hydroxylation is 1. The van der Waals surface area contributed by atoms with Crippen LogP contribution in [0.5, 0.6) is 0 Å². The summed E-state index contributed by atoms with van der Waals surface area (Å²) in [5.74, 6) is -0.764. The van der Waals surface area contributed by atoms with Gasteiger partial charge in [0.1, 0.15) is 0 Å². The summed E-state index contributed by atoms with van der Waals surface area (Å²) in [6.07, 6.45) is 0. The second kappa shape index (κ2) is 4.90. The van der Waals surface area contributed by atoms with Crippen molar-refractivity contribution in [3.8, 4) is 0 Å². The third kappa shape index (κ3) is 2.18. The standard InChI is InChI=1S/C15H18FNO3/c1-9-10-6-5-7-11(16)13(10)20-12(9)14(19)17(4)15(2,3)8-18/h5-7,18H,8H2,1-4H3. The van der Waals surface area contributed by atoms with Crippen LogP contribution >= 0.6 is 0 Å². The number of para-hydroxylation sites is 1. The zero-order valence-corrected chi connectivity index (χ0v) is 12.0. The molecule has 0 saturated heterocycles. The Morgan fingerprint density at radius 3 is 2.65 bits per heavy atom. The van der Waals surface area contributed by atoms with Crippen LogP contribution in [-0.2, 0) is 0 Å². The molecule has 108 valence electrons. The number of halogens is 1. The number of rotatable bonds is 3. The van der Waals surface area contributed by atoms with Crippen molar-refractivity contribution in [3.63, 3.8) is 0 Å². The van der Waals surface area contributed by atoms with Gasteiger partial charge in [-0.05, 0) is 26.8 Å². The van der Waals surface area contributed by atoms with Crippen LogP contribution in [0.2, 0.25) is 0 Å². The highest BCUT2D eigenvalue weighted by molar-refractivity contribution is 5.99. The summed E-state index contributed by atoms with van der Waals surface area (Å²) in [6, 6.07) is 4.59. The summed E-state index contributed by atoms with van der Waals surface area (Å²) in [5.41, 5.74) is -0.0326. The number of aliphatic hydroxyl groups is 1. The lowest BCUT2D eigenvalue weighted by Crippen LogP contribution is -2.47. The van der Waals surface area contributed by atoms with Gasteiger partial charge in [0.25, 0.3) is 5.91 Å². The van der Waals surface area contributed by atoms with Gasteiger partial charge in [0.15, 0.2) is 17.2 Å². The van der Waals surface area contributed by atoms with Crippen LogP contribution in [-0.4, -0.2) is 35.1 Å². The number of amides is 1. The van der Waals surface area contributed by atoms with Gasteiger partial charge < -0.3 is 14.4 Å². The molecule has 0 saturated carbocycles. The number of fused-ring (bicyclic) bond motifs is 1. The molecule has 1 N–H and O–H groups in total. The van der Waals surface area contributed by atoms with Gasteiger partial charge in [-0.25, -0.2) is 4.39 Å². The summed E-state index contributed by atoms with van der Waals surface area (Å²) >= 11 is 0. The van der Waals surface area contributed by atoms with Crippen LogP contribution in [0.3, 0.4) is 0 Å². The molecule has 0 fully saturated rings. The molecule has 0 aliphatic heterocycles. The highest BCUT2D eigenvalue weighted by Crippen LogP contribution is 2.29. The van der Waals surface area contributed by atoms with Gasteiger partial charge in [-0.1, -0.05) is 12.1 Å². The Hall–Kier alpha value is -1.88. The average Bonchev–Trinajstić information content (AvgIpc) is 2.76. The number of furan rings is 1. The molecule has 1 aromatic carbocycles. The number of carbonyl (C=O) groups excluding carboxylic acids is 1. The first-order valence-corrected chi connectivity index (χ1v) is 6.36. The molecule has 2 aromatic rings. The van der Waals surface area contributed by atoms with Gasteiger partial charge in [-0.15, -0.1) is 0 Å². The van der Waals surface area contributed by atoms with E-state index in [1.165, 1.54) is 11.0 Å². The van der Waals surface area contributed by atoms with Crippen molar-refractivity contribution in [2.75, 3.05) is 13.7 Å². The van der Waals surface area contributed by atoms with Crippen LogP contribution in [0.1, 0.15) is 30.0 Å². The Labute approximate surface area is 116 Å². The van der Waals surface area contributed by atoms with Gasteiger partial charge >= 0.3 is 0 Å². The molecule has 0 bridgehead atoms. The molecule has 0 atom stereocenters. The number of aliphatic hydroxyl groups excluding tert-OH is 1. The van der Waals surface area contributed by atoms with Gasteiger partial charge in [-0.2, -0.15) is 0 Å². The van der Waals surface area contributed by atoms with Crippen molar-refractivity contribution in [1.82, 2.24) is 4.90 Å². The van der Waals surface area contributed by atoms with Crippen molar-refractivity contribution in [2.45, 2.75) is 26.3 Å². The maximum atomic E-state index is 13.7. The number of hydrogen-bond acceptors (Lipinski definition) is 3. The topological polar surface area (TPSA) is 53.7 Å². The van der Waals surface area contributed by atoms with Crippen molar-refractivity contribution in [3.05, 3.63) is 35.3 Å². The molecule has 1 amide bonds. The SMILES string of the molecule is Cc1c(C(=O)N(C)C(C)(C)CO)oc2c(F)cccc12. The fraction of sp³-hybridized carbons (Fsp3) is 0.400. The molecule has 0 aliphatic rings. The van der Waals surface area contributed by atoms with Gasteiger partial charge in [0, 0.05) is 18.0 Å². The van der Waals surface area contributed by atoms with Crippen molar-refractivity contribution >= 4 is 16.9 Å². The van der Waals surface area contributed by atoms with E-state index in [0.717, 1.165) is 0 Å². The lowest BCUT2D eigenvalue weighted by molar-refractivity contribution is 0.0445. The van der Waals surface area contributed by atoms with Crippen molar-refractivity contribution < 1.29 is 18.7 Å². The number of carbonyl (C=O) groups is 1. The second-order valence-electron chi connectivity index (χ2n) is 5.51. The average molecular weight is 279 g/mol. The fourth-order valence-corrected chi connectivity index (χ4v) is 1.95. The van der Waals surface area contributed by atoms with E-state index < -0.39 is 11.4 Å². The molecule has 5 heteroatoms. The molecular formula is C15H18FNO3. The van der Waals surface area contributed by atoms with E-state index in [1.54, 1.807) is 40.0 Å². The van der Waals surface area contributed by atoms with Gasteiger partial charge in [0.05, 0.1) is 12.1 Å². The molecule has 4 nitrogen and oxygen atoms in total. The van der Waals surface area contributed by atoms with Crippen LogP contribution in [0, 0.1) is 12.7 Å². The van der Waals surface area contributed by atoms with E-state index >= 15 is 0 Å². The lowest BCUT2D eigenvalue weighted by atomic mass is 10.0. The minimum Gasteiger partial charge on any atom is -0.448 e. The Kier molecular flexibility index (Phi) is 3.56. The van der Waals surface area contributed by atoms with E-state index in [-0.39, 0.29) is 23.9 Å². The van der Waals surface area contributed by atoms with Crippen molar-refractivity contribution in [1.29, 1.82) is 0 Å². The lowest BCUT2D eigenvalue weighted by Gasteiger charge is -2.33. The Morgan fingerprint density at radius 1 is 1.45 bits per heavy atom. The number of hydrogen-bond donors (Lipinski definition) is 1. The van der Waals surface area contributed by atoms with Gasteiger partial charge in [-0.3, -0.25) is 4.79 Å². The minimum absolute atomic E-state index is 0.0866. The van der Waals surface area contributed by atoms with E-state index in [2.05, 4.69) is 0 Å². The number of nitrogens with zero attached hydrogens (tertiary/aromatic N) is 1. The maximum Gasteiger partial charge on any atom is 0.290 e. The van der Waals surface area contributed by atoms with E-state index in [9.17, 15) is 14.3 Å². The Morgan fingerprint density at radius 2 is 2.10 bits per heavy atom. The third-order valence-corrected chi connectivity index (χ3v) is 3.71. The Balaban J connectivity index is 2.51. The zero-order chi connectivity index (χ0) is 15.1. The largest absolute Gasteiger partial charge is 0.448 e. The summed E-state index contributed by atoms with van der Waals surface area (Å²) in [4.78, 5) is 13.8. The fourth-order valence-electron chi connectivity index (χ4n) is 1.95. The van der Waals surface area contributed by atoms with Crippen molar-refractivity contribution in [2.24, 2.45) is 0 Å². The molecule has 2 rings (SSSR count). The first-order valence-electron chi connectivity index (χ1n) is 6.36. The molecular weight excluding hydrogens is 261 g/mol. The van der Waals surface area contributed by atoms with Crippen LogP contribution in [0.15, 0.2) is 22.6 Å². The predicted octanol–water partition coefficient (Wildman–Crippen LogP) is 2.72. The second-order valence-corrected chi connectivity index (χ2v) is 5.51. The third-order valence-electron chi connectivity index (χ3n) is 3.71. The smallest absolute Gasteiger partial charge is 0.290 e. The summed E-state index contributed by atoms with van der Waals surface area (Å²) in [5, 5.41) is 9.92. The van der Waals surface area contributed by atoms with Crippen LogP contribution < -0.4 is 0 Å². The summed E-state index contributed by atoms with van der Waals surface area (Å²) in [6.45, 7) is 5.02. The molecule has 0 spiro atoms. The number of benzene rings is 1. The normalized spacial score (nSPS) is 11.9. The van der Waals surface area contributed by atoms with E-state index in [1.807, 2.05) is 0 Å². The van der Waals surface area contributed by atoms with E-state index in [4.69, 9.17) is 4.42 Å². The first-order chi connectivity index (χ1) is 9.29. The molecule has 1 heterocycles. The molecule has 0 aliphatic carbocycles. The van der Waals surface area contributed by atoms with Gasteiger partial charge in [0.2, 0.25) is 0 Å². The zero-order valence-electron chi connectivity index (χ0n) is 12.0. The number of likely N-dealkylation sites (N-methyl/N-ethyl adjacent to an activating group) is 1. The Bertz CT molecular complexity index is 660. The van der Waals surface area contributed by atoms with E-state index in [0.29, 0.717) is 10.9 Å². The highest BCUT2D eigenvalue weighted by atomic mass is 19.1. The van der Waals surface area contributed by atoms with Crippen LogP contribution in [0.4, 0.5) is 4.39 Å². The minimum atomic E-state index is -0.721. The first kappa shape index (κ1) is 14.5. The quantitative estimate of drug-likeness (QED) is 0.940. The monoisotopic (exact) mass is 279 g/mol. The predicted molar refractivity (Wildman–Crippen MR) is 74.2 cm³/mol. The summed E-state index contributed by atoms with van der Waals surface area (Å²) < 4.78 is 19.1. The maximum absolute atomic E-state index is 13.7. The summed E-state index contributed by atoms with van der Waals surface area (Å²) in [7, 11) is 1.58. The molecule has 20 heavy (non-hydrogen) atoms. The molecule has 1 aromatic heterocycles.